The van der Waals surface area contributed by atoms with E-state index in [1.165, 1.54) is 0 Å². The highest BCUT2D eigenvalue weighted by Gasteiger charge is 1.94. The quantitative estimate of drug-likeness (QED) is 0.376. The van der Waals surface area contributed by atoms with Gasteiger partial charge in [0.25, 0.3) is 0 Å². The van der Waals surface area contributed by atoms with Gasteiger partial charge in [0.05, 0.1) is 0 Å². The zero-order chi connectivity index (χ0) is 8.27. The molecule has 0 saturated carbocycles. The molecule has 0 unspecified atom stereocenters. The Bertz CT molecular complexity index is 280. The van der Waals surface area contributed by atoms with E-state index in [2.05, 4.69) is 15.3 Å². The van der Waals surface area contributed by atoms with Crippen LogP contribution in [0.5, 0.6) is 0 Å². The number of aryl methyl sites for hydroxylation is 2. The van der Waals surface area contributed by atoms with E-state index in [1.807, 2.05) is 19.9 Å². The van der Waals surface area contributed by atoms with Gasteiger partial charge in [-0.3, -0.25) is 0 Å². The molecular formula is C7H10N4. The normalized spacial score (nSPS) is 10.7. The Hall–Kier alpha value is -1.45. The molecule has 4 heteroatoms. The molecule has 1 heterocycles. The molecule has 0 aliphatic carbocycles. The number of nitrogens with zero attached hydrogens (tertiary/aromatic N) is 3. The Morgan fingerprint density at radius 3 is 2.64 bits per heavy atom. The molecule has 58 valence electrons. The summed E-state index contributed by atoms with van der Waals surface area (Å²) in [7, 11) is 0. The first-order chi connectivity index (χ1) is 5.24. The maximum atomic E-state index is 4.87. The fourth-order valence-electron chi connectivity index (χ4n) is 0.723. The van der Waals surface area contributed by atoms with Crippen LogP contribution < -0.4 is 5.84 Å². The van der Waals surface area contributed by atoms with Gasteiger partial charge >= 0.3 is 0 Å². The van der Waals surface area contributed by atoms with Crippen LogP contribution >= 0.6 is 0 Å². The number of hydrogen-bond donors (Lipinski definition) is 1. The molecule has 1 rings (SSSR count). The van der Waals surface area contributed by atoms with Gasteiger partial charge in [0.1, 0.15) is 0 Å². The lowest BCUT2D eigenvalue weighted by atomic mass is 10.2. The van der Waals surface area contributed by atoms with Crippen molar-refractivity contribution in [3.05, 3.63) is 23.4 Å². The van der Waals surface area contributed by atoms with Crippen molar-refractivity contribution in [3.63, 3.8) is 0 Å². The van der Waals surface area contributed by atoms with Gasteiger partial charge in [-0.25, -0.2) is 4.98 Å². The fourth-order valence-corrected chi connectivity index (χ4v) is 0.723. The summed E-state index contributed by atoms with van der Waals surface area (Å²) in [5, 5.41) is 6.74. The molecule has 0 atom stereocenters. The van der Waals surface area contributed by atoms with Crippen molar-refractivity contribution < 1.29 is 0 Å². The summed E-state index contributed by atoms with van der Waals surface area (Å²) in [5.41, 5.74) is 2.28. The van der Waals surface area contributed by atoms with E-state index < -0.39 is 0 Å². The topological polar surface area (TPSA) is 63.6 Å². The van der Waals surface area contributed by atoms with Crippen LogP contribution in [-0.2, 0) is 0 Å². The molecule has 0 amide bonds. The van der Waals surface area contributed by atoms with Gasteiger partial charge in [-0.15, -0.1) is 5.11 Å². The molecule has 2 N–H and O–H groups in total. The lowest BCUT2D eigenvalue weighted by molar-refractivity contribution is 1.03. The smallest absolute Gasteiger partial charge is 0.176 e. The standard InChI is InChI=1S/C7H10N4/c1-5-3-7(10-11-8)9-4-6(5)2/h3-4H,1-2H3,(H2,8,9,10). The monoisotopic (exact) mass is 150 g/mol. The molecule has 11 heavy (non-hydrogen) atoms. The van der Waals surface area contributed by atoms with Gasteiger partial charge in [-0.05, 0) is 31.0 Å². The molecule has 0 radical (unpaired) electrons. The maximum absolute atomic E-state index is 4.87. The van der Waals surface area contributed by atoms with Crippen LogP contribution in [0.1, 0.15) is 11.1 Å². The minimum Gasteiger partial charge on any atom is -0.305 e. The summed E-state index contributed by atoms with van der Waals surface area (Å²) in [4.78, 5) is 3.99. The van der Waals surface area contributed by atoms with Crippen molar-refractivity contribution in [1.82, 2.24) is 4.98 Å². The average Bonchev–Trinajstić information content (AvgIpc) is 1.98. The van der Waals surface area contributed by atoms with Gasteiger partial charge in [-0.1, -0.05) is 5.22 Å². The van der Waals surface area contributed by atoms with Crippen molar-refractivity contribution in [2.24, 2.45) is 16.2 Å². The van der Waals surface area contributed by atoms with E-state index in [0.29, 0.717) is 5.82 Å². The zero-order valence-electron chi connectivity index (χ0n) is 6.57. The minimum absolute atomic E-state index is 0.551. The van der Waals surface area contributed by atoms with Crippen LogP contribution in [0.3, 0.4) is 0 Å². The van der Waals surface area contributed by atoms with E-state index in [-0.39, 0.29) is 0 Å². The Morgan fingerprint density at radius 2 is 2.09 bits per heavy atom. The predicted molar refractivity (Wildman–Crippen MR) is 42.4 cm³/mol. The Kier molecular flexibility index (Phi) is 2.15. The molecule has 0 aliphatic heterocycles. The van der Waals surface area contributed by atoms with Crippen LogP contribution in [0.15, 0.2) is 22.6 Å². The third kappa shape index (κ3) is 1.73. The second-order valence-corrected chi connectivity index (χ2v) is 2.34. The van der Waals surface area contributed by atoms with Crippen molar-refractivity contribution in [2.75, 3.05) is 0 Å². The lowest BCUT2D eigenvalue weighted by Gasteiger charge is -1.97. The minimum atomic E-state index is 0.551. The third-order valence-electron chi connectivity index (χ3n) is 1.52. The Morgan fingerprint density at radius 1 is 1.36 bits per heavy atom. The second kappa shape index (κ2) is 3.09. The molecule has 4 nitrogen and oxygen atoms in total. The highest BCUT2D eigenvalue weighted by molar-refractivity contribution is 5.34. The molecule has 0 spiro atoms. The molecule has 0 aliphatic rings. The lowest BCUT2D eigenvalue weighted by Crippen LogP contribution is -1.83. The molecule has 0 saturated heterocycles. The Labute approximate surface area is 65.1 Å². The van der Waals surface area contributed by atoms with E-state index in [1.54, 1.807) is 6.20 Å². The summed E-state index contributed by atoms with van der Waals surface area (Å²) < 4.78 is 0. The van der Waals surface area contributed by atoms with Gasteiger partial charge in [0.2, 0.25) is 0 Å². The number of rotatable bonds is 1. The van der Waals surface area contributed by atoms with Gasteiger partial charge < -0.3 is 5.84 Å². The molecule has 0 fully saturated rings. The van der Waals surface area contributed by atoms with E-state index in [0.717, 1.165) is 11.1 Å². The predicted octanol–water partition coefficient (Wildman–Crippen LogP) is 1.66. The molecule has 1 aromatic heterocycles. The van der Waals surface area contributed by atoms with Crippen molar-refractivity contribution in [3.8, 4) is 0 Å². The van der Waals surface area contributed by atoms with Crippen molar-refractivity contribution in [2.45, 2.75) is 13.8 Å². The highest BCUT2D eigenvalue weighted by Crippen LogP contribution is 2.12. The van der Waals surface area contributed by atoms with Crippen LogP contribution in [0.25, 0.3) is 0 Å². The van der Waals surface area contributed by atoms with Crippen LogP contribution in [0, 0.1) is 13.8 Å². The largest absolute Gasteiger partial charge is 0.305 e. The highest BCUT2D eigenvalue weighted by atomic mass is 15.3. The first kappa shape index (κ1) is 7.65. The fraction of sp³-hybridized carbons (Fsp3) is 0.286. The van der Waals surface area contributed by atoms with E-state index in [9.17, 15) is 0 Å². The zero-order valence-corrected chi connectivity index (χ0v) is 6.57. The first-order valence-electron chi connectivity index (χ1n) is 3.28. The van der Waals surface area contributed by atoms with Crippen LogP contribution in [0.2, 0.25) is 0 Å². The third-order valence-corrected chi connectivity index (χ3v) is 1.52. The SMILES string of the molecule is Cc1cnc(N=NN)cc1C. The summed E-state index contributed by atoms with van der Waals surface area (Å²) in [5.74, 6) is 5.42. The maximum Gasteiger partial charge on any atom is 0.176 e. The molecular weight excluding hydrogens is 140 g/mol. The number of hydrogen-bond acceptors (Lipinski definition) is 3. The van der Waals surface area contributed by atoms with E-state index in [4.69, 9.17) is 5.84 Å². The van der Waals surface area contributed by atoms with Crippen LogP contribution in [0.4, 0.5) is 5.82 Å². The van der Waals surface area contributed by atoms with Crippen LogP contribution in [-0.4, -0.2) is 4.98 Å². The number of aromatic nitrogens is 1. The second-order valence-electron chi connectivity index (χ2n) is 2.34. The summed E-state index contributed by atoms with van der Waals surface area (Å²) >= 11 is 0. The molecule has 1 aromatic rings. The average molecular weight is 150 g/mol. The van der Waals surface area contributed by atoms with Crippen molar-refractivity contribution >= 4 is 5.82 Å². The molecule has 0 aromatic carbocycles. The number of nitrogens with two attached hydrogens (primary N) is 1. The number of pyridine rings is 1. The summed E-state index contributed by atoms with van der Waals surface area (Å²) in [6.07, 6.45) is 1.75. The van der Waals surface area contributed by atoms with Gasteiger partial charge in [0.15, 0.2) is 5.82 Å². The summed E-state index contributed by atoms with van der Waals surface area (Å²) in [6, 6.07) is 1.84. The summed E-state index contributed by atoms with van der Waals surface area (Å²) in [6.45, 7) is 3.98. The van der Waals surface area contributed by atoms with Crippen molar-refractivity contribution in [1.29, 1.82) is 0 Å². The Balaban J connectivity index is 3.05. The van der Waals surface area contributed by atoms with E-state index >= 15 is 0 Å². The van der Waals surface area contributed by atoms with Gasteiger partial charge in [0, 0.05) is 6.20 Å². The molecule has 0 bridgehead atoms. The first-order valence-corrected chi connectivity index (χ1v) is 3.28. The van der Waals surface area contributed by atoms with Gasteiger partial charge in [-0.2, -0.15) is 0 Å².